The van der Waals surface area contributed by atoms with Crippen LogP contribution >= 0.6 is 0 Å². The molecular weight excluding hydrogens is 174 g/mol. The van der Waals surface area contributed by atoms with Crippen molar-refractivity contribution in [3.05, 3.63) is 42.1 Å². The summed E-state index contributed by atoms with van der Waals surface area (Å²) in [5.41, 5.74) is 1.24. The summed E-state index contributed by atoms with van der Waals surface area (Å²) in [4.78, 5) is 8.57. The molecule has 3 nitrogen and oxygen atoms in total. The molecule has 0 aliphatic rings. The Morgan fingerprint density at radius 2 is 2.14 bits per heavy atom. The molecule has 2 aromatic rings. The lowest BCUT2D eigenvalue weighted by molar-refractivity contribution is 0.903. The molecule has 0 aliphatic carbocycles. The maximum absolute atomic E-state index is 4.38. The number of hydrogen-bond donors (Lipinski definition) is 0. The van der Waals surface area contributed by atoms with E-state index in [4.69, 9.17) is 0 Å². The van der Waals surface area contributed by atoms with Crippen molar-refractivity contribution in [2.75, 3.05) is 0 Å². The van der Waals surface area contributed by atoms with Crippen LogP contribution in [0.25, 0.3) is 5.82 Å². The molecule has 0 aliphatic heterocycles. The Morgan fingerprint density at radius 3 is 2.79 bits per heavy atom. The summed E-state index contributed by atoms with van der Waals surface area (Å²) in [7, 11) is 0. The highest BCUT2D eigenvalue weighted by atomic mass is 15.1. The molecule has 0 spiro atoms. The van der Waals surface area contributed by atoms with Crippen LogP contribution < -0.4 is 0 Å². The lowest BCUT2D eigenvalue weighted by atomic mass is 10.2. The summed E-state index contributed by atoms with van der Waals surface area (Å²) in [6, 6.07) is 4.07. The Kier molecular flexibility index (Phi) is 2.31. The second-order valence-electron chi connectivity index (χ2n) is 3.18. The number of pyridine rings is 1. The van der Waals surface area contributed by atoms with Crippen molar-refractivity contribution < 1.29 is 0 Å². The van der Waals surface area contributed by atoms with E-state index in [2.05, 4.69) is 23.0 Å². The zero-order valence-electron chi connectivity index (χ0n) is 8.44. The van der Waals surface area contributed by atoms with Crippen LogP contribution in [-0.2, 0) is 6.42 Å². The topological polar surface area (TPSA) is 30.7 Å². The Hall–Kier alpha value is -1.64. The first-order chi connectivity index (χ1) is 6.83. The van der Waals surface area contributed by atoms with Gasteiger partial charge in [0.15, 0.2) is 0 Å². The van der Waals surface area contributed by atoms with Crippen molar-refractivity contribution in [3.63, 3.8) is 0 Å². The molecule has 0 atom stereocenters. The van der Waals surface area contributed by atoms with Gasteiger partial charge in [-0.15, -0.1) is 0 Å². The quantitative estimate of drug-likeness (QED) is 0.721. The smallest absolute Gasteiger partial charge is 0.141 e. The number of imidazole rings is 1. The highest BCUT2D eigenvalue weighted by Gasteiger charge is 2.05. The van der Waals surface area contributed by atoms with Gasteiger partial charge >= 0.3 is 0 Å². The number of rotatable bonds is 2. The minimum absolute atomic E-state index is 0.971. The maximum Gasteiger partial charge on any atom is 0.141 e. The van der Waals surface area contributed by atoms with Crippen molar-refractivity contribution in [1.82, 2.24) is 14.5 Å². The van der Waals surface area contributed by atoms with E-state index in [1.807, 2.05) is 30.0 Å². The van der Waals surface area contributed by atoms with Crippen LogP contribution in [0.5, 0.6) is 0 Å². The van der Waals surface area contributed by atoms with Crippen LogP contribution in [-0.4, -0.2) is 14.5 Å². The van der Waals surface area contributed by atoms with E-state index in [0.717, 1.165) is 18.1 Å². The van der Waals surface area contributed by atoms with Gasteiger partial charge in [0.25, 0.3) is 0 Å². The SMILES string of the molecule is CCc1cccnc1-n1ccnc1C. The third-order valence-corrected chi connectivity index (χ3v) is 2.30. The minimum Gasteiger partial charge on any atom is -0.288 e. The summed E-state index contributed by atoms with van der Waals surface area (Å²) in [5.74, 6) is 1.96. The lowest BCUT2D eigenvalue weighted by Crippen LogP contribution is -2.02. The molecule has 2 rings (SSSR count). The summed E-state index contributed by atoms with van der Waals surface area (Å²) >= 11 is 0. The van der Waals surface area contributed by atoms with E-state index in [0.29, 0.717) is 0 Å². The molecule has 3 heteroatoms. The van der Waals surface area contributed by atoms with E-state index in [1.165, 1.54) is 5.56 Å². The van der Waals surface area contributed by atoms with Gasteiger partial charge in [-0.3, -0.25) is 4.57 Å². The molecule has 2 aromatic heterocycles. The third-order valence-electron chi connectivity index (χ3n) is 2.30. The molecule has 72 valence electrons. The van der Waals surface area contributed by atoms with Crippen LogP contribution in [0, 0.1) is 6.92 Å². The Morgan fingerprint density at radius 1 is 1.29 bits per heavy atom. The molecule has 0 saturated carbocycles. The molecule has 0 unspecified atom stereocenters. The first-order valence-corrected chi connectivity index (χ1v) is 4.77. The zero-order chi connectivity index (χ0) is 9.97. The summed E-state index contributed by atoms with van der Waals surface area (Å²) in [5, 5.41) is 0. The van der Waals surface area contributed by atoms with Crippen LogP contribution in [0.1, 0.15) is 18.3 Å². The average molecular weight is 187 g/mol. The van der Waals surface area contributed by atoms with Crippen molar-refractivity contribution in [2.45, 2.75) is 20.3 Å². The molecule has 0 bridgehead atoms. The van der Waals surface area contributed by atoms with E-state index in [1.54, 1.807) is 6.20 Å². The molecule has 2 heterocycles. The summed E-state index contributed by atoms with van der Waals surface area (Å²) in [6.07, 6.45) is 6.54. The first-order valence-electron chi connectivity index (χ1n) is 4.77. The van der Waals surface area contributed by atoms with Gasteiger partial charge in [-0.05, 0) is 25.0 Å². The Labute approximate surface area is 83.4 Å². The molecule has 14 heavy (non-hydrogen) atoms. The number of hydrogen-bond acceptors (Lipinski definition) is 2. The number of aromatic nitrogens is 3. The van der Waals surface area contributed by atoms with E-state index < -0.39 is 0 Å². The predicted molar refractivity (Wildman–Crippen MR) is 55.5 cm³/mol. The van der Waals surface area contributed by atoms with Gasteiger partial charge in [0.2, 0.25) is 0 Å². The second-order valence-corrected chi connectivity index (χ2v) is 3.18. The fourth-order valence-electron chi connectivity index (χ4n) is 1.52. The normalized spacial score (nSPS) is 10.4. The monoisotopic (exact) mass is 187 g/mol. The van der Waals surface area contributed by atoms with Gasteiger partial charge in [0.05, 0.1) is 0 Å². The predicted octanol–water partition coefficient (Wildman–Crippen LogP) is 2.14. The van der Waals surface area contributed by atoms with Crippen molar-refractivity contribution in [3.8, 4) is 5.82 Å². The minimum atomic E-state index is 0.971. The molecule has 0 radical (unpaired) electrons. The van der Waals surface area contributed by atoms with Gasteiger partial charge in [-0.25, -0.2) is 9.97 Å². The van der Waals surface area contributed by atoms with Gasteiger partial charge < -0.3 is 0 Å². The van der Waals surface area contributed by atoms with Gasteiger partial charge in [0, 0.05) is 18.6 Å². The summed E-state index contributed by atoms with van der Waals surface area (Å²) in [6.45, 7) is 4.11. The number of aryl methyl sites for hydroxylation is 2. The van der Waals surface area contributed by atoms with Crippen LogP contribution in [0.4, 0.5) is 0 Å². The maximum atomic E-state index is 4.38. The summed E-state index contributed by atoms with van der Waals surface area (Å²) < 4.78 is 2.01. The van der Waals surface area contributed by atoms with Crippen LogP contribution in [0.2, 0.25) is 0 Å². The van der Waals surface area contributed by atoms with Crippen LogP contribution in [0.15, 0.2) is 30.7 Å². The van der Waals surface area contributed by atoms with Gasteiger partial charge in [-0.2, -0.15) is 0 Å². The van der Waals surface area contributed by atoms with Crippen LogP contribution in [0.3, 0.4) is 0 Å². The second kappa shape index (κ2) is 3.62. The molecule has 0 fully saturated rings. The molecule has 0 amide bonds. The molecule has 0 aromatic carbocycles. The van der Waals surface area contributed by atoms with Gasteiger partial charge in [-0.1, -0.05) is 13.0 Å². The number of nitrogens with zero attached hydrogens (tertiary/aromatic N) is 3. The zero-order valence-corrected chi connectivity index (χ0v) is 8.44. The lowest BCUT2D eigenvalue weighted by Gasteiger charge is -2.08. The molecular formula is C11H13N3. The van der Waals surface area contributed by atoms with E-state index >= 15 is 0 Å². The fourth-order valence-corrected chi connectivity index (χ4v) is 1.52. The molecule has 0 N–H and O–H groups in total. The standard InChI is InChI=1S/C11H13N3/c1-3-10-5-4-6-13-11(10)14-8-7-12-9(14)2/h4-8H,3H2,1-2H3. The Balaban J connectivity index is 2.56. The molecule has 0 saturated heterocycles. The average Bonchev–Trinajstić information content (AvgIpc) is 2.64. The third kappa shape index (κ3) is 1.41. The Bertz CT molecular complexity index is 432. The van der Waals surface area contributed by atoms with Crippen molar-refractivity contribution >= 4 is 0 Å². The first kappa shape index (κ1) is 8.94. The van der Waals surface area contributed by atoms with Gasteiger partial charge in [0.1, 0.15) is 11.6 Å². The van der Waals surface area contributed by atoms with E-state index in [-0.39, 0.29) is 0 Å². The van der Waals surface area contributed by atoms with E-state index in [9.17, 15) is 0 Å². The highest BCUT2D eigenvalue weighted by molar-refractivity contribution is 5.34. The largest absolute Gasteiger partial charge is 0.288 e. The van der Waals surface area contributed by atoms with Crippen molar-refractivity contribution in [2.24, 2.45) is 0 Å². The van der Waals surface area contributed by atoms with Crippen molar-refractivity contribution in [1.29, 1.82) is 0 Å². The highest BCUT2D eigenvalue weighted by Crippen LogP contribution is 2.13. The fraction of sp³-hybridized carbons (Fsp3) is 0.273.